The van der Waals surface area contributed by atoms with Crippen LogP contribution < -0.4 is 10.6 Å². The molecule has 1 heterocycles. The molecular formula is C24H44N2O. The van der Waals surface area contributed by atoms with Gasteiger partial charge in [-0.15, -0.1) is 0 Å². The molecule has 2 aliphatic carbocycles. The van der Waals surface area contributed by atoms with Gasteiger partial charge in [0.25, 0.3) is 0 Å². The maximum Gasteiger partial charge on any atom is 0.237 e. The van der Waals surface area contributed by atoms with Gasteiger partial charge in [-0.2, -0.15) is 0 Å². The first-order chi connectivity index (χ1) is 13.1. The first-order valence-corrected chi connectivity index (χ1v) is 12.1. The second kappa shape index (κ2) is 10.3. The quantitative estimate of drug-likeness (QED) is 0.672. The molecule has 156 valence electrons. The molecule has 2 N–H and O–H groups in total. The largest absolute Gasteiger partial charge is 0.352 e. The summed E-state index contributed by atoms with van der Waals surface area (Å²) in [5.41, 5.74) is 0.224. The molecule has 1 unspecified atom stereocenters. The standard InChI is InChI=1S/C24H44N2O/c1-19(2)18-20-10-12-21(13-11-20)26-23(27)22-24(16-9-17-25-22)14-7-5-3-4-6-8-15-24/h19-22,25H,3-18H2,1-2H3,(H,26,27). The molecule has 3 nitrogen and oxygen atoms in total. The third kappa shape index (κ3) is 5.95. The summed E-state index contributed by atoms with van der Waals surface area (Å²) in [6, 6.07) is 0.468. The zero-order valence-corrected chi connectivity index (χ0v) is 18.0. The Balaban J connectivity index is 1.57. The van der Waals surface area contributed by atoms with Crippen LogP contribution in [0.2, 0.25) is 0 Å². The van der Waals surface area contributed by atoms with Crippen molar-refractivity contribution in [1.29, 1.82) is 0 Å². The van der Waals surface area contributed by atoms with Gasteiger partial charge in [-0.3, -0.25) is 4.79 Å². The molecule has 0 aromatic heterocycles. The smallest absolute Gasteiger partial charge is 0.237 e. The van der Waals surface area contributed by atoms with E-state index in [-0.39, 0.29) is 11.5 Å². The first-order valence-electron chi connectivity index (χ1n) is 12.1. The van der Waals surface area contributed by atoms with Crippen LogP contribution in [0.4, 0.5) is 0 Å². The number of carbonyl (C=O) groups is 1. The monoisotopic (exact) mass is 376 g/mol. The van der Waals surface area contributed by atoms with E-state index >= 15 is 0 Å². The summed E-state index contributed by atoms with van der Waals surface area (Å²) in [6.07, 6.45) is 19.4. The molecule has 1 aliphatic heterocycles. The Kier molecular flexibility index (Phi) is 8.05. The van der Waals surface area contributed by atoms with Gasteiger partial charge in [-0.1, -0.05) is 52.4 Å². The van der Waals surface area contributed by atoms with E-state index in [9.17, 15) is 4.79 Å². The van der Waals surface area contributed by atoms with Gasteiger partial charge in [0.2, 0.25) is 5.91 Å². The van der Waals surface area contributed by atoms with E-state index in [1.807, 2.05) is 0 Å². The molecule has 3 fully saturated rings. The van der Waals surface area contributed by atoms with E-state index in [0.29, 0.717) is 11.9 Å². The van der Waals surface area contributed by atoms with Gasteiger partial charge in [0.1, 0.15) is 0 Å². The lowest BCUT2D eigenvalue weighted by Gasteiger charge is -2.45. The predicted molar refractivity (Wildman–Crippen MR) is 114 cm³/mol. The minimum absolute atomic E-state index is 0.0535. The van der Waals surface area contributed by atoms with Crippen molar-refractivity contribution < 1.29 is 4.79 Å². The molecule has 3 rings (SSSR count). The topological polar surface area (TPSA) is 41.1 Å². The molecule has 1 atom stereocenters. The highest BCUT2D eigenvalue weighted by Gasteiger charge is 2.44. The molecule has 0 radical (unpaired) electrons. The lowest BCUT2D eigenvalue weighted by atomic mass is 9.67. The van der Waals surface area contributed by atoms with Crippen LogP contribution in [-0.2, 0) is 4.79 Å². The second-order valence-electron chi connectivity index (χ2n) is 10.3. The summed E-state index contributed by atoms with van der Waals surface area (Å²) in [5, 5.41) is 7.14. The summed E-state index contributed by atoms with van der Waals surface area (Å²) in [7, 11) is 0. The third-order valence-corrected chi connectivity index (χ3v) is 7.67. The highest BCUT2D eigenvalue weighted by atomic mass is 16.2. The fourth-order valence-corrected chi connectivity index (χ4v) is 6.24. The maximum absolute atomic E-state index is 13.3. The minimum atomic E-state index is 0.0535. The Morgan fingerprint density at radius 1 is 0.926 bits per heavy atom. The Labute approximate surface area is 167 Å². The fraction of sp³-hybridized carbons (Fsp3) is 0.958. The molecule has 2 saturated carbocycles. The van der Waals surface area contributed by atoms with Gasteiger partial charge < -0.3 is 10.6 Å². The number of carbonyl (C=O) groups excluding carboxylic acids is 1. The van der Waals surface area contributed by atoms with Gasteiger partial charge in [0.15, 0.2) is 0 Å². The number of piperidine rings is 1. The zero-order valence-electron chi connectivity index (χ0n) is 18.0. The lowest BCUT2D eigenvalue weighted by molar-refractivity contribution is -0.129. The van der Waals surface area contributed by atoms with Crippen molar-refractivity contribution >= 4 is 5.91 Å². The Hall–Kier alpha value is -0.570. The normalized spacial score (nSPS) is 32.5. The predicted octanol–water partition coefficient (Wildman–Crippen LogP) is 5.58. The Morgan fingerprint density at radius 2 is 1.52 bits per heavy atom. The Morgan fingerprint density at radius 3 is 2.15 bits per heavy atom. The van der Waals surface area contributed by atoms with Crippen LogP contribution in [0.25, 0.3) is 0 Å². The minimum Gasteiger partial charge on any atom is -0.352 e. The number of hydrogen-bond acceptors (Lipinski definition) is 2. The highest BCUT2D eigenvalue weighted by molar-refractivity contribution is 5.83. The molecule has 27 heavy (non-hydrogen) atoms. The molecule has 0 bridgehead atoms. The van der Waals surface area contributed by atoms with Crippen molar-refractivity contribution in [3.63, 3.8) is 0 Å². The van der Waals surface area contributed by atoms with E-state index < -0.39 is 0 Å². The number of nitrogens with one attached hydrogen (secondary N) is 2. The lowest BCUT2D eigenvalue weighted by Crippen LogP contribution is -2.59. The van der Waals surface area contributed by atoms with Crippen molar-refractivity contribution in [2.75, 3.05) is 6.54 Å². The van der Waals surface area contributed by atoms with Gasteiger partial charge in [0.05, 0.1) is 6.04 Å². The summed E-state index contributed by atoms with van der Waals surface area (Å²) < 4.78 is 0. The van der Waals surface area contributed by atoms with Crippen molar-refractivity contribution in [3.8, 4) is 0 Å². The van der Waals surface area contributed by atoms with Gasteiger partial charge >= 0.3 is 0 Å². The van der Waals surface area contributed by atoms with Crippen LogP contribution in [0.1, 0.15) is 110 Å². The van der Waals surface area contributed by atoms with Crippen LogP contribution in [0, 0.1) is 17.3 Å². The summed E-state index contributed by atoms with van der Waals surface area (Å²) in [5.74, 6) is 2.00. The molecule has 1 amide bonds. The van der Waals surface area contributed by atoms with Crippen molar-refractivity contribution in [3.05, 3.63) is 0 Å². The Bertz CT molecular complexity index is 443. The third-order valence-electron chi connectivity index (χ3n) is 7.67. The average molecular weight is 377 g/mol. The second-order valence-corrected chi connectivity index (χ2v) is 10.3. The van der Waals surface area contributed by atoms with Gasteiger partial charge in [-0.05, 0) is 81.6 Å². The van der Waals surface area contributed by atoms with Gasteiger partial charge in [0, 0.05) is 6.04 Å². The van der Waals surface area contributed by atoms with E-state index in [0.717, 1.165) is 18.4 Å². The molecule has 3 heteroatoms. The van der Waals surface area contributed by atoms with Crippen LogP contribution in [0.15, 0.2) is 0 Å². The summed E-state index contributed by atoms with van der Waals surface area (Å²) in [4.78, 5) is 13.3. The van der Waals surface area contributed by atoms with E-state index in [2.05, 4.69) is 24.5 Å². The summed E-state index contributed by atoms with van der Waals surface area (Å²) in [6.45, 7) is 5.68. The zero-order chi connectivity index (χ0) is 19.1. The molecular weight excluding hydrogens is 332 g/mol. The molecule has 1 spiro atoms. The van der Waals surface area contributed by atoms with Crippen molar-refractivity contribution in [1.82, 2.24) is 10.6 Å². The summed E-state index contributed by atoms with van der Waals surface area (Å²) >= 11 is 0. The van der Waals surface area contributed by atoms with E-state index in [4.69, 9.17) is 0 Å². The van der Waals surface area contributed by atoms with E-state index in [1.54, 1.807) is 0 Å². The molecule has 3 aliphatic rings. The van der Waals surface area contributed by atoms with Crippen LogP contribution >= 0.6 is 0 Å². The van der Waals surface area contributed by atoms with E-state index in [1.165, 1.54) is 96.3 Å². The maximum atomic E-state index is 13.3. The number of amides is 1. The SMILES string of the molecule is CC(C)CC1CCC(NC(=O)C2NCCCC23CCCCCCCC3)CC1. The number of hydrogen-bond donors (Lipinski definition) is 2. The first kappa shape index (κ1) is 21.1. The fourth-order valence-electron chi connectivity index (χ4n) is 6.24. The molecule has 1 saturated heterocycles. The van der Waals surface area contributed by atoms with Crippen LogP contribution in [0.5, 0.6) is 0 Å². The van der Waals surface area contributed by atoms with Crippen LogP contribution in [0.3, 0.4) is 0 Å². The van der Waals surface area contributed by atoms with Crippen LogP contribution in [-0.4, -0.2) is 24.5 Å². The van der Waals surface area contributed by atoms with Crippen molar-refractivity contribution in [2.45, 2.75) is 122 Å². The molecule has 0 aromatic rings. The molecule has 0 aromatic carbocycles. The average Bonchev–Trinajstić information content (AvgIpc) is 2.76. The van der Waals surface area contributed by atoms with Gasteiger partial charge in [-0.25, -0.2) is 0 Å². The number of rotatable bonds is 4. The van der Waals surface area contributed by atoms with Crippen molar-refractivity contribution in [2.24, 2.45) is 17.3 Å². The highest BCUT2D eigenvalue weighted by Crippen LogP contribution is 2.43.